The Balaban J connectivity index is 2.06. The van der Waals surface area contributed by atoms with E-state index in [1.807, 2.05) is 6.07 Å². The van der Waals surface area contributed by atoms with Crippen molar-refractivity contribution in [1.29, 1.82) is 0 Å². The second-order valence-corrected chi connectivity index (χ2v) is 6.99. The van der Waals surface area contributed by atoms with Crippen LogP contribution >= 0.6 is 31.9 Å². The van der Waals surface area contributed by atoms with Gasteiger partial charge >= 0.3 is 0 Å². The van der Waals surface area contributed by atoms with E-state index in [0.717, 1.165) is 12.0 Å². The molecule has 1 saturated carbocycles. The molecule has 1 aromatic rings. The molecule has 0 amide bonds. The molecule has 2 unspecified atom stereocenters. The fourth-order valence-electron chi connectivity index (χ4n) is 2.60. The minimum absolute atomic E-state index is 0.147. The molecule has 0 bridgehead atoms. The standard InChI is InChI=1S/C14H17Br2F/c15-12-6-2-1-4-10(9-12)8-11-5-3-7-13(17)14(11)16/h3,5,7,10,12H,1-2,4,6,8-9H2. The summed E-state index contributed by atoms with van der Waals surface area (Å²) in [7, 11) is 0. The van der Waals surface area contributed by atoms with Gasteiger partial charge in [-0.05, 0) is 52.7 Å². The van der Waals surface area contributed by atoms with Crippen molar-refractivity contribution < 1.29 is 4.39 Å². The quantitative estimate of drug-likeness (QED) is 0.482. The number of halogens is 3. The van der Waals surface area contributed by atoms with E-state index >= 15 is 0 Å². The fraction of sp³-hybridized carbons (Fsp3) is 0.571. The highest BCUT2D eigenvalue weighted by atomic mass is 79.9. The van der Waals surface area contributed by atoms with Gasteiger partial charge in [-0.25, -0.2) is 4.39 Å². The summed E-state index contributed by atoms with van der Waals surface area (Å²) in [6.07, 6.45) is 7.37. The van der Waals surface area contributed by atoms with E-state index in [-0.39, 0.29) is 5.82 Å². The lowest BCUT2D eigenvalue weighted by atomic mass is 9.92. The Kier molecular flexibility index (Phi) is 5.04. The molecule has 0 aromatic heterocycles. The minimum Gasteiger partial charge on any atom is -0.206 e. The average molecular weight is 364 g/mol. The van der Waals surface area contributed by atoms with Gasteiger partial charge in [0.2, 0.25) is 0 Å². The summed E-state index contributed by atoms with van der Waals surface area (Å²) in [5.74, 6) is 0.534. The van der Waals surface area contributed by atoms with Gasteiger partial charge in [0.15, 0.2) is 0 Å². The number of hydrogen-bond donors (Lipinski definition) is 0. The molecule has 1 fully saturated rings. The van der Waals surface area contributed by atoms with Crippen LogP contribution in [-0.2, 0) is 6.42 Å². The van der Waals surface area contributed by atoms with Crippen molar-refractivity contribution in [3.8, 4) is 0 Å². The molecule has 3 heteroatoms. The smallest absolute Gasteiger partial charge is 0.137 e. The van der Waals surface area contributed by atoms with Crippen LogP contribution in [0.5, 0.6) is 0 Å². The van der Waals surface area contributed by atoms with Crippen molar-refractivity contribution in [2.24, 2.45) is 5.92 Å². The Labute approximate surface area is 119 Å². The Morgan fingerprint density at radius 3 is 2.82 bits per heavy atom. The van der Waals surface area contributed by atoms with Crippen LogP contribution in [-0.4, -0.2) is 4.83 Å². The van der Waals surface area contributed by atoms with Crippen LogP contribution in [0.15, 0.2) is 22.7 Å². The first kappa shape index (κ1) is 13.5. The van der Waals surface area contributed by atoms with Crippen LogP contribution in [0.4, 0.5) is 4.39 Å². The molecule has 0 aliphatic heterocycles. The lowest BCUT2D eigenvalue weighted by Crippen LogP contribution is -2.09. The van der Waals surface area contributed by atoms with E-state index in [1.54, 1.807) is 6.07 Å². The van der Waals surface area contributed by atoms with Gasteiger partial charge in [-0.2, -0.15) is 0 Å². The SMILES string of the molecule is Fc1cccc(CC2CCCCC(Br)C2)c1Br. The molecule has 1 aromatic carbocycles. The summed E-state index contributed by atoms with van der Waals surface area (Å²) in [4.78, 5) is 0.641. The molecule has 0 radical (unpaired) electrons. The maximum atomic E-state index is 13.4. The molecule has 94 valence electrons. The monoisotopic (exact) mass is 362 g/mol. The molecule has 1 aliphatic carbocycles. The van der Waals surface area contributed by atoms with E-state index in [2.05, 4.69) is 31.9 Å². The van der Waals surface area contributed by atoms with Crippen LogP contribution in [0.25, 0.3) is 0 Å². The molecule has 0 spiro atoms. The van der Waals surface area contributed by atoms with Crippen molar-refractivity contribution in [2.75, 3.05) is 0 Å². The number of rotatable bonds is 2. The molecule has 2 atom stereocenters. The third-order valence-corrected chi connectivity index (χ3v) is 5.23. The lowest BCUT2D eigenvalue weighted by molar-refractivity contribution is 0.461. The highest BCUT2D eigenvalue weighted by molar-refractivity contribution is 9.10. The summed E-state index contributed by atoms with van der Waals surface area (Å²) in [5.41, 5.74) is 1.11. The number of benzene rings is 1. The van der Waals surface area contributed by atoms with E-state index in [9.17, 15) is 4.39 Å². The summed E-state index contributed by atoms with van der Waals surface area (Å²) in [6, 6.07) is 5.34. The Hall–Kier alpha value is 0.110. The summed E-state index contributed by atoms with van der Waals surface area (Å²) >= 11 is 7.09. The first-order valence-electron chi connectivity index (χ1n) is 6.23. The van der Waals surface area contributed by atoms with Crippen LogP contribution in [0.1, 0.15) is 37.7 Å². The Morgan fingerprint density at radius 1 is 1.24 bits per heavy atom. The second kappa shape index (κ2) is 6.33. The summed E-state index contributed by atoms with van der Waals surface area (Å²) in [6.45, 7) is 0. The first-order chi connectivity index (χ1) is 8.16. The largest absolute Gasteiger partial charge is 0.206 e. The van der Waals surface area contributed by atoms with Crippen molar-refractivity contribution in [3.05, 3.63) is 34.1 Å². The zero-order valence-electron chi connectivity index (χ0n) is 9.76. The first-order valence-corrected chi connectivity index (χ1v) is 7.94. The van der Waals surface area contributed by atoms with E-state index in [0.29, 0.717) is 15.2 Å². The predicted molar refractivity (Wildman–Crippen MR) is 77.1 cm³/mol. The number of hydrogen-bond acceptors (Lipinski definition) is 0. The number of alkyl halides is 1. The molecule has 0 heterocycles. The van der Waals surface area contributed by atoms with E-state index in [4.69, 9.17) is 0 Å². The molecule has 2 rings (SSSR count). The van der Waals surface area contributed by atoms with Gasteiger partial charge in [-0.1, -0.05) is 47.3 Å². The molecule has 0 saturated heterocycles. The van der Waals surface area contributed by atoms with Gasteiger partial charge in [-0.3, -0.25) is 0 Å². The van der Waals surface area contributed by atoms with Crippen LogP contribution < -0.4 is 0 Å². The zero-order valence-corrected chi connectivity index (χ0v) is 12.9. The molecule has 1 aliphatic rings. The topological polar surface area (TPSA) is 0 Å². The third-order valence-electron chi connectivity index (χ3n) is 3.51. The molecule has 0 N–H and O–H groups in total. The van der Waals surface area contributed by atoms with Crippen molar-refractivity contribution in [2.45, 2.75) is 43.4 Å². The Bertz CT molecular complexity index is 378. The van der Waals surface area contributed by atoms with Gasteiger partial charge in [0.25, 0.3) is 0 Å². The molecular weight excluding hydrogens is 347 g/mol. The van der Waals surface area contributed by atoms with Crippen LogP contribution in [0.3, 0.4) is 0 Å². The Morgan fingerprint density at radius 2 is 2.00 bits per heavy atom. The highest BCUT2D eigenvalue weighted by Crippen LogP contribution is 2.32. The highest BCUT2D eigenvalue weighted by Gasteiger charge is 2.19. The van der Waals surface area contributed by atoms with Gasteiger partial charge in [0.1, 0.15) is 5.82 Å². The third kappa shape index (κ3) is 3.78. The van der Waals surface area contributed by atoms with Gasteiger partial charge < -0.3 is 0 Å². The minimum atomic E-state index is -0.147. The predicted octanol–water partition coefficient (Wildman–Crippen LogP) is 5.47. The molecule has 17 heavy (non-hydrogen) atoms. The molecular formula is C14H17Br2F. The normalized spacial score (nSPS) is 25.6. The zero-order chi connectivity index (χ0) is 12.3. The average Bonchev–Trinajstić information content (AvgIpc) is 2.49. The van der Waals surface area contributed by atoms with Crippen molar-refractivity contribution in [3.63, 3.8) is 0 Å². The second-order valence-electron chi connectivity index (χ2n) is 4.90. The fourth-order valence-corrected chi connectivity index (χ4v) is 3.88. The van der Waals surface area contributed by atoms with Gasteiger partial charge in [0.05, 0.1) is 4.47 Å². The van der Waals surface area contributed by atoms with Crippen molar-refractivity contribution >= 4 is 31.9 Å². The maximum Gasteiger partial charge on any atom is 0.137 e. The van der Waals surface area contributed by atoms with E-state index < -0.39 is 0 Å². The summed E-state index contributed by atoms with van der Waals surface area (Å²) < 4.78 is 14.1. The summed E-state index contributed by atoms with van der Waals surface area (Å²) in [5, 5.41) is 0. The van der Waals surface area contributed by atoms with Crippen LogP contribution in [0.2, 0.25) is 0 Å². The van der Waals surface area contributed by atoms with E-state index in [1.165, 1.54) is 38.2 Å². The maximum absolute atomic E-state index is 13.4. The van der Waals surface area contributed by atoms with Gasteiger partial charge in [0, 0.05) is 4.83 Å². The van der Waals surface area contributed by atoms with Gasteiger partial charge in [-0.15, -0.1) is 0 Å². The lowest BCUT2D eigenvalue weighted by Gasteiger charge is -2.17. The molecule has 0 nitrogen and oxygen atoms in total. The van der Waals surface area contributed by atoms with Crippen molar-refractivity contribution in [1.82, 2.24) is 0 Å². The van der Waals surface area contributed by atoms with Crippen LogP contribution in [0, 0.1) is 11.7 Å².